The van der Waals surface area contributed by atoms with Crippen molar-refractivity contribution in [3.63, 3.8) is 0 Å². The topological polar surface area (TPSA) is 128 Å². The molecule has 0 radical (unpaired) electrons. The number of carbonyl (C=O) groups excluding carboxylic acids is 2. The van der Waals surface area contributed by atoms with E-state index < -0.39 is 28.6 Å². The number of hydrogen-bond donors (Lipinski definition) is 3. The van der Waals surface area contributed by atoms with Crippen molar-refractivity contribution in [2.75, 3.05) is 36.4 Å². The highest BCUT2D eigenvalue weighted by Gasteiger charge is 2.31. The van der Waals surface area contributed by atoms with Crippen molar-refractivity contribution < 1.29 is 32.9 Å². The highest BCUT2D eigenvalue weighted by molar-refractivity contribution is 6.00. The second-order valence-corrected chi connectivity index (χ2v) is 6.88. The van der Waals surface area contributed by atoms with Gasteiger partial charge in [0.1, 0.15) is 0 Å². The van der Waals surface area contributed by atoms with E-state index >= 15 is 0 Å². The van der Waals surface area contributed by atoms with Gasteiger partial charge in [-0.15, -0.1) is 0 Å². The largest absolute Gasteiger partial charge is 0.416 e. The third-order valence-electron chi connectivity index (χ3n) is 4.89. The minimum absolute atomic E-state index is 0.00419. The number of piperazine rings is 1. The number of hydroxylamine groups is 1. The summed E-state index contributed by atoms with van der Waals surface area (Å²) in [5.41, 5.74) is 0.474. The molecular formula is C19H18F3N5O5. The van der Waals surface area contributed by atoms with Gasteiger partial charge in [-0.3, -0.25) is 20.1 Å². The molecule has 0 bridgehead atoms. The minimum Gasteiger partial charge on any atom is -0.367 e. The van der Waals surface area contributed by atoms with Gasteiger partial charge in [-0.25, -0.2) is 10.3 Å². The number of hydrogen-bond acceptors (Lipinski definition) is 6. The van der Waals surface area contributed by atoms with Crippen molar-refractivity contribution in [1.82, 2.24) is 10.4 Å². The summed E-state index contributed by atoms with van der Waals surface area (Å²) >= 11 is 0. The third-order valence-corrected chi connectivity index (χ3v) is 4.89. The molecule has 0 unspecified atom stereocenters. The number of urea groups is 1. The Hall–Kier alpha value is -3.87. The lowest BCUT2D eigenvalue weighted by molar-refractivity contribution is -0.384. The average Bonchev–Trinajstić information content (AvgIpc) is 2.77. The second kappa shape index (κ2) is 9.09. The molecule has 2 aromatic rings. The van der Waals surface area contributed by atoms with Crippen molar-refractivity contribution in [3.05, 3.63) is 63.7 Å². The molecule has 1 saturated heterocycles. The zero-order chi connectivity index (χ0) is 23.5. The fourth-order valence-electron chi connectivity index (χ4n) is 3.28. The van der Waals surface area contributed by atoms with Crippen LogP contribution in [-0.2, 0) is 6.18 Å². The van der Waals surface area contributed by atoms with Crippen molar-refractivity contribution in [1.29, 1.82) is 0 Å². The third kappa shape index (κ3) is 5.06. The zero-order valence-electron chi connectivity index (χ0n) is 16.4. The number of nitro groups is 1. The van der Waals surface area contributed by atoms with Crippen LogP contribution in [-0.4, -0.2) is 53.1 Å². The van der Waals surface area contributed by atoms with Gasteiger partial charge in [0.05, 0.1) is 21.7 Å². The summed E-state index contributed by atoms with van der Waals surface area (Å²) in [6.45, 7) is 0.864. The Labute approximate surface area is 179 Å². The van der Waals surface area contributed by atoms with E-state index in [1.807, 2.05) is 0 Å². The zero-order valence-corrected chi connectivity index (χ0v) is 16.4. The molecule has 170 valence electrons. The second-order valence-electron chi connectivity index (χ2n) is 6.88. The summed E-state index contributed by atoms with van der Waals surface area (Å²) in [6.07, 6.45) is -4.53. The van der Waals surface area contributed by atoms with E-state index in [9.17, 15) is 32.9 Å². The minimum atomic E-state index is -4.53. The first-order chi connectivity index (χ1) is 15.1. The molecule has 0 spiro atoms. The molecule has 3 amide bonds. The fraction of sp³-hybridized carbons (Fsp3) is 0.263. The Bertz CT molecular complexity index is 1040. The van der Waals surface area contributed by atoms with Gasteiger partial charge in [0, 0.05) is 44.0 Å². The highest BCUT2D eigenvalue weighted by Crippen LogP contribution is 2.31. The summed E-state index contributed by atoms with van der Waals surface area (Å²) in [6, 6.07) is 7.33. The molecule has 1 aliphatic rings. The van der Waals surface area contributed by atoms with E-state index in [-0.39, 0.29) is 43.1 Å². The van der Waals surface area contributed by atoms with Gasteiger partial charge < -0.3 is 15.1 Å². The summed E-state index contributed by atoms with van der Waals surface area (Å²) < 4.78 is 38.5. The van der Waals surface area contributed by atoms with Crippen LogP contribution in [0.3, 0.4) is 0 Å². The van der Waals surface area contributed by atoms with Crippen LogP contribution in [0.4, 0.5) is 35.0 Å². The maximum atomic E-state index is 12.8. The first-order valence-corrected chi connectivity index (χ1v) is 9.31. The number of non-ortho nitro benzene ring substituents is 1. The molecule has 1 heterocycles. The molecule has 13 heteroatoms. The summed E-state index contributed by atoms with van der Waals surface area (Å²) in [4.78, 5) is 37.8. The lowest BCUT2D eigenvalue weighted by Crippen LogP contribution is -2.50. The summed E-state index contributed by atoms with van der Waals surface area (Å²) in [5, 5.41) is 22.4. The van der Waals surface area contributed by atoms with Crippen molar-refractivity contribution in [2.24, 2.45) is 0 Å². The monoisotopic (exact) mass is 453 g/mol. The van der Waals surface area contributed by atoms with Gasteiger partial charge in [-0.2, -0.15) is 13.2 Å². The number of benzene rings is 2. The van der Waals surface area contributed by atoms with Gasteiger partial charge in [0.15, 0.2) is 0 Å². The number of alkyl halides is 3. The van der Waals surface area contributed by atoms with Crippen molar-refractivity contribution in [2.45, 2.75) is 6.18 Å². The Morgan fingerprint density at radius 2 is 1.75 bits per heavy atom. The number of nitrogens with one attached hydrogen (secondary N) is 2. The Morgan fingerprint density at radius 3 is 2.34 bits per heavy atom. The van der Waals surface area contributed by atoms with E-state index in [0.29, 0.717) is 5.69 Å². The number of rotatable bonds is 4. The van der Waals surface area contributed by atoms with Gasteiger partial charge in [-0.05, 0) is 24.3 Å². The molecule has 3 rings (SSSR count). The molecular weight excluding hydrogens is 435 g/mol. The Kier molecular flexibility index (Phi) is 6.48. The van der Waals surface area contributed by atoms with Gasteiger partial charge in [-0.1, -0.05) is 6.07 Å². The lowest BCUT2D eigenvalue weighted by Gasteiger charge is -2.36. The number of anilines is 2. The maximum absolute atomic E-state index is 12.8. The SMILES string of the molecule is O=C(NO)c1cc([N+](=O)[O-])ccc1N1CCN(C(=O)Nc2cccc(C(F)(F)F)c2)CC1. The fourth-order valence-corrected chi connectivity index (χ4v) is 3.28. The first kappa shape index (κ1) is 22.8. The van der Waals surface area contributed by atoms with Crippen LogP contribution in [0.1, 0.15) is 15.9 Å². The Balaban J connectivity index is 1.68. The molecule has 0 aliphatic carbocycles. The van der Waals surface area contributed by atoms with Crippen LogP contribution < -0.4 is 15.7 Å². The highest BCUT2D eigenvalue weighted by atomic mass is 19.4. The van der Waals surface area contributed by atoms with Gasteiger partial charge >= 0.3 is 12.2 Å². The van der Waals surface area contributed by atoms with Crippen molar-refractivity contribution in [3.8, 4) is 0 Å². The lowest BCUT2D eigenvalue weighted by atomic mass is 10.1. The molecule has 0 atom stereocenters. The predicted molar refractivity (Wildman–Crippen MR) is 107 cm³/mol. The van der Waals surface area contributed by atoms with E-state index in [1.165, 1.54) is 34.6 Å². The molecule has 0 saturated carbocycles. The molecule has 1 fully saturated rings. The average molecular weight is 453 g/mol. The van der Waals surface area contributed by atoms with E-state index in [4.69, 9.17) is 5.21 Å². The number of halogens is 3. The molecule has 10 nitrogen and oxygen atoms in total. The summed E-state index contributed by atoms with van der Waals surface area (Å²) in [5.74, 6) is -0.923. The van der Waals surface area contributed by atoms with Crippen LogP contribution >= 0.6 is 0 Å². The first-order valence-electron chi connectivity index (χ1n) is 9.31. The number of carbonyl (C=O) groups is 2. The molecule has 1 aliphatic heterocycles. The smallest absolute Gasteiger partial charge is 0.367 e. The molecule has 3 N–H and O–H groups in total. The van der Waals surface area contributed by atoms with Crippen molar-refractivity contribution >= 4 is 29.0 Å². The number of nitro benzene ring substituents is 1. The number of nitrogens with zero attached hydrogens (tertiary/aromatic N) is 3. The van der Waals surface area contributed by atoms with Crippen LogP contribution in [0.25, 0.3) is 0 Å². The van der Waals surface area contributed by atoms with Crippen LogP contribution in [0.5, 0.6) is 0 Å². The number of amides is 3. The van der Waals surface area contributed by atoms with E-state index in [0.717, 1.165) is 18.2 Å². The maximum Gasteiger partial charge on any atom is 0.416 e. The van der Waals surface area contributed by atoms with Crippen LogP contribution in [0.15, 0.2) is 42.5 Å². The van der Waals surface area contributed by atoms with E-state index in [2.05, 4.69) is 5.32 Å². The van der Waals surface area contributed by atoms with E-state index in [1.54, 1.807) is 4.90 Å². The predicted octanol–water partition coefficient (Wildman–Crippen LogP) is 3.09. The Morgan fingerprint density at radius 1 is 1.06 bits per heavy atom. The molecule has 0 aromatic heterocycles. The standard InChI is InChI=1S/C19H18F3N5O5/c20-19(21,22)12-2-1-3-13(10-12)23-18(29)26-8-6-25(7-9-26)16-5-4-14(27(31)32)11-15(16)17(28)24-30/h1-5,10-11,30H,6-9H2,(H,23,29)(H,24,28). The summed E-state index contributed by atoms with van der Waals surface area (Å²) in [7, 11) is 0. The quantitative estimate of drug-likeness (QED) is 0.371. The van der Waals surface area contributed by atoms with Crippen LogP contribution in [0, 0.1) is 10.1 Å². The van der Waals surface area contributed by atoms with Crippen LogP contribution in [0.2, 0.25) is 0 Å². The molecule has 2 aromatic carbocycles. The van der Waals surface area contributed by atoms with Gasteiger partial charge in [0.2, 0.25) is 0 Å². The van der Waals surface area contributed by atoms with Gasteiger partial charge in [0.25, 0.3) is 11.6 Å². The normalized spacial score (nSPS) is 14.1. The molecule has 32 heavy (non-hydrogen) atoms.